The van der Waals surface area contributed by atoms with E-state index < -0.39 is 0 Å². The summed E-state index contributed by atoms with van der Waals surface area (Å²) >= 11 is 0. The number of para-hydroxylation sites is 1. The number of hydrogen-bond donors (Lipinski definition) is 0. The molecule has 4 unspecified atom stereocenters. The van der Waals surface area contributed by atoms with E-state index in [2.05, 4.69) is 203 Å². The van der Waals surface area contributed by atoms with Crippen LogP contribution in [-0.2, 0) is 33.5 Å². The molecule has 2 nitrogen and oxygen atoms in total. The van der Waals surface area contributed by atoms with Crippen LogP contribution in [0.4, 0.5) is 17.1 Å². The number of benzene rings is 6. The Bertz CT molecular complexity index is 2830. The second-order valence-electron chi connectivity index (χ2n) is 23.6. The van der Waals surface area contributed by atoms with Gasteiger partial charge in [0.2, 0.25) is 0 Å². The molecular weight excluding hydrogens is 749 g/mol. The van der Waals surface area contributed by atoms with Crippen LogP contribution in [0.3, 0.4) is 0 Å². The summed E-state index contributed by atoms with van der Waals surface area (Å²) in [6, 6.07) is 45.4. The van der Waals surface area contributed by atoms with Crippen molar-refractivity contribution in [2.45, 2.75) is 147 Å². The molecule has 0 amide bonds. The Kier molecular flexibility index (Phi) is 8.36. The number of ether oxygens (including phenoxy) is 1. The van der Waals surface area contributed by atoms with Crippen LogP contribution in [-0.4, -0.2) is 12.7 Å². The molecule has 314 valence electrons. The Morgan fingerprint density at radius 3 is 2.02 bits per heavy atom. The molecule has 0 N–H and O–H groups in total. The normalized spacial score (nSPS) is 22.7. The predicted octanol–water partition coefficient (Wildman–Crippen LogP) is 13.8. The van der Waals surface area contributed by atoms with Gasteiger partial charge >= 0.3 is 0 Å². The molecule has 11 rings (SSSR count). The van der Waals surface area contributed by atoms with Crippen LogP contribution in [0.25, 0.3) is 11.1 Å². The van der Waals surface area contributed by atoms with Crippen molar-refractivity contribution in [1.29, 1.82) is 0 Å². The van der Waals surface area contributed by atoms with Gasteiger partial charge in [0.25, 0.3) is 6.71 Å². The van der Waals surface area contributed by atoms with Crippen LogP contribution in [0.1, 0.15) is 158 Å². The molecular formula is C59H64BNO. The van der Waals surface area contributed by atoms with E-state index >= 15 is 0 Å². The zero-order valence-corrected chi connectivity index (χ0v) is 39.3. The third-order valence-corrected chi connectivity index (χ3v) is 16.2. The van der Waals surface area contributed by atoms with Gasteiger partial charge in [-0.05, 0) is 132 Å². The van der Waals surface area contributed by atoms with Crippen molar-refractivity contribution >= 4 is 34.7 Å². The molecule has 0 spiro atoms. The van der Waals surface area contributed by atoms with E-state index in [1.54, 1.807) is 5.56 Å². The fourth-order valence-electron chi connectivity index (χ4n) is 12.5. The van der Waals surface area contributed by atoms with Gasteiger partial charge in [0.05, 0.1) is 11.7 Å². The number of nitrogens with zero attached hydrogens (tertiary/aromatic N) is 1. The first-order valence-electron chi connectivity index (χ1n) is 23.5. The monoisotopic (exact) mass is 814 g/mol. The Labute approximate surface area is 372 Å². The molecule has 0 aromatic heterocycles. The SMILES string of the molecule is CC(C)(C)c1ccc(C2Cc3cc(C(C)(C)C)cc4c3B(c3ccc5c6c3N4c3ccc(C(C)(C)C)cc3C6(C)CCC5(C)C)C3Oc4ccccc4C32)c(-c2ccccc2)c1. The maximum atomic E-state index is 7.56. The maximum absolute atomic E-state index is 7.56. The summed E-state index contributed by atoms with van der Waals surface area (Å²) in [7, 11) is 0. The van der Waals surface area contributed by atoms with Gasteiger partial charge in [0.15, 0.2) is 0 Å². The highest BCUT2D eigenvalue weighted by atomic mass is 16.5. The third-order valence-electron chi connectivity index (χ3n) is 16.2. The second kappa shape index (κ2) is 13.0. The molecule has 0 saturated heterocycles. The quantitative estimate of drug-likeness (QED) is 0.162. The smallest absolute Gasteiger partial charge is 0.262 e. The van der Waals surface area contributed by atoms with Crippen molar-refractivity contribution in [3.05, 3.63) is 165 Å². The zero-order valence-electron chi connectivity index (χ0n) is 39.3. The van der Waals surface area contributed by atoms with Gasteiger partial charge in [-0.2, -0.15) is 0 Å². The van der Waals surface area contributed by atoms with E-state index in [1.807, 2.05) is 0 Å². The maximum Gasteiger partial charge on any atom is 0.262 e. The lowest BCUT2D eigenvalue weighted by atomic mass is 9.32. The van der Waals surface area contributed by atoms with Crippen LogP contribution in [0.2, 0.25) is 0 Å². The van der Waals surface area contributed by atoms with Crippen molar-refractivity contribution in [2.24, 2.45) is 0 Å². The van der Waals surface area contributed by atoms with Gasteiger partial charge in [-0.3, -0.25) is 0 Å². The zero-order chi connectivity index (χ0) is 43.5. The van der Waals surface area contributed by atoms with Crippen LogP contribution in [0.15, 0.2) is 115 Å². The number of rotatable bonds is 2. The lowest BCUT2D eigenvalue weighted by molar-refractivity contribution is 0.268. The standard InChI is InChI=1S/C59H64BNO/c1-55(2,3)37-22-24-40(42(32-37)35-18-14-13-15-19-35)43-31-36-30-39(57(7,8)9)34-48-52(36)60(54-50(43)41-20-16-17-21-49(41)62-54)46-26-25-44-51-53(46)61(48)47-27-23-38(56(4,5)6)33-45(47)59(51,12)29-28-58(44,10)11/h13-27,30,32-34,43,50,54H,28-29,31H2,1-12H3. The summed E-state index contributed by atoms with van der Waals surface area (Å²) in [6.45, 7) is 28.9. The largest absolute Gasteiger partial charge is 0.497 e. The Morgan fingerprint density at radius 1 is 0.613 bits per heavy atom. The molecule has 6 aromatic carbocycles. The van der Waals surface area contributed by atoms with Gasteiger partial charge in [0.1, 0.15) is 5.75 Å². The van der Waals surface area contributed by atoms with Gasteiger partial charge in [-0.1, -0.05) is 180 Å². The van der Waals surface area contributed by atoms with Gasteiger partial charge in [0, 0.05) is 28.3 Å². The van der Waals surface area contributed by atoms with Crippen LogP contribution < -0.4 is 20.6 Å². The van der Waals surface area contributed by atoms with E-state index in [9.17, 15) is 0 Å². The van der Waals surface area contributed by atoms with Gasteiger partial charge in [-0.25, -0.2) is 0 Å². The van der Waals surface area contributed by atoms with Crippen molar-refractivity contribution < 1.29 is 4.74 Å². The van der Waals surface area contributed by atoms with E-state index in [-0.39, 0.29) is 51.6 Å². The molecule has 62 heavy (non-hydrogen) atoms. The molecule has 0 bridgehead atoms. The number of hydrogen-bond acceptors (Lipinski definition) is 2. The summed E-state index contributed by atoms with van der Waals surface area (Å²) < 4.78 is 7.56. The fraction of sp³-hybridized carbons (Fsp3) is 0.390. The molecule has 4 aliphatic heterocycles. The average Bonchev–Trinajstić information content (AvgIpc) is 3.54. The number of fused-ring (bicyclic) bond motifs is 9. The topological polar surface area (TPSA) is 12.5 Å². The highest BCUT2D eigenvalue weighted by Crippen LogP contribution is 2.62. The van der Waals surface area contributed by atoms with Gasteiger partial charge < -0.3 is 9.64 Å². The molecule has 0 saturated carbocycles. The van der Waals surface area contributed by atoms with E-state index in [1.165, 1.54) is 83.6 Å². The predicted molar refractivity (Wildman–Crippen MR) is 263 cm³/mol. The number of anilines is 3. The molecule has 4 heterocycles. The third kappa shape index (κ3) is 5.68. The van der Waals surface area contributed by atoms with Crippen molar-refractivity contribution in [3.63, 3.8) is 0 Å². The first kappa shape index (κ1) is 39.8. The molecule has 6 aromatic rings. The Hall–Kier alpha value is -5.02. The highest BCUT2D eigenvalue weighted by molar-refractivity contribution is 6.90. The fourth-order valence-corrected chi connectivity index (χ4v) is 12.5. The highest BCUT2D eigenvalue weighted by Gasteiger charge is 2.57. The first-order valence-corrected chi connectivity index (χ1v) is 23.5. The Morgan fingerprint density at radius 2 is 1.29 bits per heavy atom. The summed E-state index contributed by atoms with van der Waals surface area (Å²) in [6.07, 6.45) is 3.23. The lowest BCUT2D eigenvalue weighted by Gasteiger charge is -2.54. The minimum Gasteiger partial charge on any atom is -0.497 e. The average molecular weight is 814 g/mol. The molecule has 4 atom stereocenters. The summed E-state index contributed by atoms with van der Waals surface area (Å²) in [4.78, 5) is 2.76. The summed E-state index contributed by atoms with van der Waals surface area (Å²) in [5.74, 6) is 1.39. The van der Waals surface area contributed by atoms with Crippen molar-refractivity contribution in [3.8, 4) is 16.9 Å². The summed E-state index contributed by atoms with van der Waals surface area (Å²) in [5.41, 5.74) is 22.6. The lowest BCUT2D eigenvalue weighted by Crippen LogP contribution is -2.61. The Balaban J connectivity index is 1.25. The first-order chi connectivity index (χ1) is 29.3. The van der Waals surface area contributed by atoms with Crippen LogP contribution >= 0.6 is 0 Å². The molecule has 5 aliphatic rings. The minimum atomic E-state index is -0.114. The van der Waals surface area contributed by atoms with Gasteiger partial charge in [-0.15, -0.1) is 0 Å². The molecule has 0 fully saturated rings. The molecule has 1 aliphatic carbocycles. The van der Waals surface area contributed by atoms with Crippen LogP contribution in [0.5, 0.6) is 5.75 Å². The summed E-state index contributed by atoms with van der Waals surface area (Å²) in [5, 5.41) is 0. The van der Waals surface area contributed by atoms with Crippen molar-refractivity contribution in [1.82, 2.24) is 0 Å². The molecule has 0 radical (unpaired) electrons. The van der Waals surface area contributed by atoms with E-state index in [4.69, 9.17) is 4.74 Å². The van der Waals surface area contributed by atoms with Crippen molar-refractivity contribution in [2.75, 3.05) is 4.90 Å². The minimum absolute atomic E-state index is 0.0235. The van der Waals surface area contributed by atoms with E-state index in [0.29, 0.717) is 0 Å². The van der Waals surface area contributed by atoms with E-state index in [0.717, 1.165) is 25.0 Å². The molecule has 3 heteroatoms. The second-order valence-corrected chi connectivity index (χ2v) is 23.6. The van der Waals surface area contributed by atoms with Crippen LogP contribution in [0, 0.1) is 0 Å².